The van der Waals surface area contributed by atoms with Crippen molar-refractivity contribution in [2.75, 3.05) is 25.4 Å². The molecule has 1 aromatic carbocycles. The summed E-state index contributed by atoms with van der Waals surface area (Å²) in [5.41, 5.74) is 8.87. The smallest absolute Gasteiger partial charge is 0.106 e. The molecule has 1 saturated heterocycles. The van der Waals surface area contributed by atoms with E-state index in [1.54, 1.807) is 0 Å². The number of nitrogen functional groups attached to an aromatic ring is 1. The quantitative estimate of drug-likeness (QED) is 0.874. The molecule has 108 valence electrons. The molecule has 0 spiro atoms. The highest BCUT2D eigenvalue weighted by Gasteiger charge is 2.20. The molecule has 2 aromatic rings. The largest absolute Gasteiger partial charge is 0.399 e. The maximum Gasteiger partial charge on any atom is 0.106 e. The number of fused-ring (bicyclic) bond motifs is 1. The summed E-state index contributed by atoms with van der Waals surface area (Å²) < 4.78 is 2.36. The van der Waals surface area contributed by atoms with Gasteiger partial charge in [0.1, 0.15) is 5.82 Å². The molecule has 0 unspecified atom stereocenters. The van der Waals surface area contributed by atoms with Gasteiger partial charge in [-0.1, -0.05) is 6.92 Å². The van der Waals surface area contributed by atoms with Gasteiger partial charge in [0.25, 0.3) is 0 Å². The summed E-state index contributed by atoms with van der Waals surface area (Å²) in [6.45, 7) is 9.08. The van der Waals surface area contributed by atoms with E-state index in [1.165, 1.54) is 38.0 Å². The van der Waals surface area contributed by atoms with Crippen LogP contribution >= 0.6 is 0 Å². The van der Waals surface area contributed by atoms with E-state index in [0.29, 0.717) is 0 Å². The molecular weight excluding hydrogens is 248 g/mol. The lowest BCUT2D eigenvalue weighted by atomic mass is 9.96. The predicted molar refractivity (Wildman–Crippen MR) is 83.7 cm³/mol. The second-order valence-electron chi connectivity index (χ2n) is 5.90. The first-order valence-electron chi connectivity index (χ1n) is 7.62. The molecule has 0 bridgehead atoms. The summed E-state index contributed by atoms with van der Waals surface area (Å²) in [6.07, 6.45) is 2.59. The van der Waals surface area contributed by atoms with E-state index in [4.69, 9.17) is 5.73 Å². The average Bonchev–Trinajstić information content (AvgIpc) is 2.75. The second-order valence-corrected chi connectivity index (χ2v) is 5.90. The molecular formula is C16H24N4. The van der Waals surface area contributed by atoms with Crippen LogP contribution in [0.1, 0.15) is 25.6 Å². The number of anilines is 1. The number of piperidine rings is 1. The van der Waals surface area contributed by atoms with Crippen molar-refractivity contribution < 1.29 is 0 Å². The Bertz CT molecular complexity index is 594. The van der Waals surface area contributed by atoms with Crippen LogP contribution in [0.2, 0.25) is 0 Å². The Morgan fingerprint density at radius 1 is 1.30 bits per heavy atom. The summed E-state index contributed by atoms with van der Waals surface area (Å²) in [5, 5.41) is 0. The van der Waals surface area contributed by atoms with Crippen molar-refractivity contribution in [3.63, 3.8) is 0 Å². The molecule has 20 heavy (non-hydrogen) atoms. The molecule has 2 N–H and O–H groups in total. The highest BCUT2D eigenvalue weighted by molar-refractivity contribution is 5.79. The molecule has 0 aliphatic carbocycles. The van der Waals surface area contributed by atoms with Crippen molar-refractivity contribution in [2.45, 2.75) is 33.2 Å². The van der Waals surface area contributed by atoms with E-state index in [1.807, 2.05) is 12.1 Å². The molecule has 1 aliphatic rings. The minimum Gasteiger partial charge on any atom is -0.399 e. The van der Waals surface area contributed by atoms with E-state index >= 15 is 0 Å². The highest BCUT2D eigenvalue weighted by Crippen LogP contribution is 2.24. The van der Waals surface area contributed by atoms with Gasteiger partial charge in [-0.2, -0.15) is 0 Å². The number of rotatable bonds is 3. The normalized spacial score (nSPS) is 17.9. The maximum atomic E-state index is 5.84. The highest BCUT2D eigenvalue weighted by atomic mass is 15.1. The van der Waals surface area contributed by atoms with Crippen LogP contribution in [0.4, 0.5) is 5.69 Å². The van der Waals surface area contributed by atoms with Crippen LogP contribution in [-0.4, -0.2) is 34.1 Å². The van der Waals surface area contributed by atoms with Crippen LogP contribution in [0, 0.1) is 12.8 Å². The molecule has 0 radical (unpaired) electrons. The zero-order valence-corrected chi connectivity index (χ0v) is 12.5. The van der Waals surface area contributed by atoms with Crippen molar-refractivity contribution in [1.29, 1.82) is 0 Å². The van der Waals surface area contributed by atoms with Gasteiger partial charge in [0.15, 0.2) is 0 Å². The van der Waals surface area contributed by atoms with Gasteiger partial charge in [-0.15, -0.1) is 0 Å². The SMILES string of the molecule is CCN1CCC(Cn2c(C)nc3cc(N)ccc32)CC1. The lowest BCUT2D eigenvalue weighted by Gasteiger charge is -2.31. The van der Waals surface area contributed by atoms with Crippen LogP contribution in [0.25, 0.3) is 11.0 Å². The lowest BCUT2D eigenvalue weighted by Crippen LogP contribution is -2.34. The number of hydrogen-bond donors (Lipinski definition) is 1. The third-order valence-electron chi connectivity index (χ3n) is 4.56. The van der Waals surface area contributed by atoms with Crippen molar-refractivity contribution in [2.24, 2.45) is 5.92 Å². The molecule has 1 aliphatic heterocycles. The van der Waals surface area contributed by atoms with Gasteiger partial charge < -0.3 is 15.2 Å². The molecule has 4 heteroatoms. The number of nitrogens with two attached hydrogens (primary N) is 1. The molecule has 3 rings (SSSR count). The summed E-state index contributed by atoms with van der Waals surface area (Å²) in [4.78, 5) is 7.18. The molecule has 0 atom stereocenters. The fourth-order valence-corrected chi connectivity index (χ4v) is 3.24. The van der Waals surface area contributed by atoms with Crippen LogP contribution in [0.15, 0.2) is 18.2 Å². The molecule has 1 fully saturated rings. The summed E-state index contributed by atoms with van der Waals surface area (Å²) in [6, 6.07) is 6.05. The third kappa shape index (κ3) is 2.52. The second kappa shape index (κ2) is 5.44. The van der Waals surface area contributed by atoms with Crippen molar-refractivity contribution in [3.05, 3.63) is 24.0 Å². The number of hydrogen-bond acceptors (Lipinski definition) is 3. The van der Waals surface area contributed by atoms with Crippen LogP contribution < -0.4 is 5.73 Å². The maximum absolute atomic E-state index is 5.84. The Labute approximate surface area is 120 Å². The number of benzene rings is 1. The fourth-order valence-electron chi connectivity index (χ4n) is 3.24. The topological polar surface area (TPSA) is 47.1 Å². The Hall–Kier alpha value is -1.55. The number of aromatic nitrogens is 2. The minimum absolute atomic E-state index is 0.770. The zero-order valence-electron chi connectivity index (χ0n) is 12.5. The summed E-state index contributed by atoms with van der Waals surface area (Å²) >= 11 is 0. The number of nitrogens with zero attached hydrogens (tertiary/aromatic N) is 3. The molecule has 1 aromatic heterocycles. The molecule has 0 saturated carbocycles. The Balaban J connectivity index is 1.79. The molecule has 4 nitrogen and oxygen atoms in total. The Morgan fingerprint density at radius 2 is 2.05 bits per heavy atom. The fraction of sp³-hybridized carbons (Fsp3) is 0.562. The monoisotopic (exact) mass is 272 g/mol. The number of aryl methyl sites for hydroxylation is 1. The van der Waals surface area contributed by atoms with Gasteiger partial charge in [0.05, 0.1) is 11.0 Å². The third-order valence-corrected chi connectivity index (χ3v) is 4.56. The predicted octanol–water partition coefficient (Wildman–Crippen LogP) is 2.66. The molecule has 0 amide bonds. The van der Waals surface area contributed by atoms with Gasteiger partial charge in [0, 0.05) is 12.2 Å². The van der Waals surface area contributed by atoms with Crippen molar-refractivity contribution in [1.82, 2.24) is 14.5 Å². The average molecular weight is 272 g/mol. The molecule has 2 heterocycles. The van der Waals surface area contributed by atoms with Crippen LogP contribution in [0.3, 0.4) is 0 Å². The van der Waals surface area contributed by atoms with E-state index in [9.17, 15) is 0 Å². The first-order valence-corrected chi connectivity index (χ1v) is 7.62. The summed E-state index contributed by atoms with van der Waals surface area (Å²) in [5.74, 6) is 1.87. The zero-order chi connectivity index (χ0) is 14.1. The Morgan fingerprint density at radius 3 is 2.75 bits per heavy atom. The van der Waals surface area contributed by atoms with E-state index in [2.05, 4.69) is 34.4 Å². The van der Waals surface area contributed by atoms with Gasteiger partial charge in [-0.05, 0) is 63.5 Å². The lowest BCUT2D eigenvalue weighted by molar-refractivity contribution is 0.181. The van der Waals surface area contributed by atoms with E-state index in [0.717, 1.165) is 29.5 Å². The number of imidazole rings is 1. The van der Waals surface area contributed by atoms with E-state index in [-0.39, 0.29) is 0 Å². The summed E-state index contributed by atoms with van der Waals surface area (Å²) in [7, 11) is 0. The van der Waals surface area contributed by atoms with Gasteiger partial charge in [-0.25, -0.2) is 4.98 Å². The van der Waals surface area contributed by atoms with E-state index < -0.39 is 0 Å². The van der Waals surface area contributed by atoms with Crippen molar-refractivity contribution in [3.8, 4) is 0 Å². The first-order chi connectivity index (χ1) is 9.67. The van der Waals surface area contributed by atoms with Crippen LogP contribution in [0.5, 0.6) is 0 Å². The standard InChI is InChI=1S/C16H24N4/c1-3-19-8-6-13(7-9-19)11-20-12(2)18-15-10-14(17)4-5-16(15)20/h4-5,10,13H,3,6-9,11,17H2,1-2H3. The first kappa shape index (κ1) is 13.4. The van der Waals surface area contributed by atoms with Gasteiger partial charge >= 0.3 is 0 Å². The van der Waals surface area contributed by atoms with Crippen molar-refractivity contribution >= 4 is 16.7 Å². The Kier molecular flexibility index (Phi) is 3.66. The van der Waals surface area contributed by atoms with Gasteiger partial charge in [0.2, 0.25) is 0 Å². The number of likely N-dealkylation sites (tertiary alicyclic amines) is 1. The van der Waals surface area contributed by atoms with Gasteiger partial charge in [-0.3, -0.25) is 0 Å². The van der Waals surface area contributed by atoms with Crippen LogP contribution in [-0.2, 0) is 6.54 Å². The minimum atomic E-state index is 0.770.